The number of H-pyrrole nitrogens is 1. The summed E-state index contributed by atoms with van der Waals surface area (Å²) in [6.45, 7) is 6.26. The summed E-state index contributed by atoms with van der Waals surface area (Å²) in [4.78, 5) is 9.00. The highest BCUT2D eigenvalue weighted by molar-refractivity contribution is 14.0. The molecule has 0 aliphatic rings. The minimum atomic E-state index is 0. The third kappa shape index (κ3) is 6.75. The van der Waals surface area contributed by atoms with Gasteiger partial charge in [0.1, 0.15) is 18.1 Å². The van der Waals surface area contributed by atoms with Crippen molar-refractivity contribution in [2.24, 2.45) is 4.99 Å². The van der Waals surface area contributed by atoms with E-state index in [2.05, 4.69) is 49.9 Å². The van der Waals surface area contributed by atoms with Gasteiger partial charge in [0.2, 0.25) is 5.82 Å². The first-order valence-corrected chi connectivity index (χ1v) is 9.81. The topological polar surface area (TPSA) is 100 Å². The SMILES string of the molecule is CCNC(=NCc1nc(-c2ccco2)n[nH]1)NCCC(C)c1ccc(OC)cc1.I. The number of methoxy groups -OCH3 is 1. The van der Waals surface area contributed by atoms with Gasteiger partial charge in [-0.1, -0.05) is 19.1 Å². The van der Waals surface area contributed by atoms with Crippen LogP contribution in [-0.2, 0) is 6.54 Å². The molecular weight excluding hydrogens is 495 g/mol. The van der Waals surface area contributed by atoms with Crippen molar-refractivity contribution in [3.63, 3.8) is 0 Å². The van der Waals surface area contributed by atoms with Crippen molar-refractivity contribution in [2.75, 3.05) is 20.2 Å². The van der Waals surface area contributed by atoms with Crippen LogP contribution in [0.3, 0.4) is 0 Å². The number of guanidine groups is 1. The van der Waals surface area contributed by atoms with Gasteiger partial charge in [0.15, 0.2) is 11.7 Å². The Kier molecular flexibility index (Phi) is 9.65. The molecule has 0 saturated heterocycles. The number of benzene rings is 1. The second-order valence-electron chi connectivity index (χ2n) is 6.67. The van der Waals surface area contributed by atoms with E-state index in [1.807, 2.05) is 31.2 Å². The van der Waals surface area contributed by atoms with Gasteiger partial charge in [-0.2, -0.15) is 0 Å². The molecule has 2 heterocycles. The Labute approximate surface area is 193 Å². The molecule has 0 saturated carbocycles. The van der Waals surface area contributed by atoms with Crippen molar-refractivity contribution in [1.82, 2.24) is 25.8 Å². The second kappa shape index (κ2) is 12.2. The van der Waals surface area contributed by atoms with Gasteiger partial charge < -0.3 is 19.8 Å². The van der Waals surface area contributed by atoms with E-state index in [9.17, 15) is 0 Å². The maximum atomic E-state index is 5.31. The number of hydrogen-bond donors (Lipinski definition) is 3. The van der Waals surface area contributed by atoms with Crippen LogP contribution in [-0.4, -0.2) is 41.3 Å². The number of rotatable bonds is 9. The van der Waals surface area contributed by atoms with Crippen LogP contribution < -0.4 is 15.4 Å². The van der Waals surface area contributed by atoms with Gasteiger partial charge in [-0.15, -0.1) is 29.1 Å². The average Bonchev–Trinajstić information content (AvgIpc) is 3.43. The van der Waals surface area contributed by atoms with Crippen LogP contribution in [0.2, 0.25) is 0 Å². The number of hydrogen-bond acceptors (Lipinski definition) is 5. The van der Waals surface area contributed by atoms with Crippen LogP contribution in [0.1, 0.15) is 37.6 Å². The average molecular weight is 524 g/mol. The summed E-state index contributed by atoms with van der Waals surface area (Å²) in [7, 11) is 1.68. The van der Waals surface area contributed by atoms with Crippen molar-refractivity contribution in [1.29, 1.82) is 0 Å². The lowest BCUT2D eigenvalue weighted by Gasteiger charge is -2.15. The third-order valence-electron chi connectivity index (χ3n) is 4.56. The van der Waals surface area contributed by atoms with E-state index < -0.39 is 0 Å². The molecular formula is C21H29IN6O2. The molecule has 1 unspecified atom stereocenters. The predicted octanol–water partition coefficient (Wildman–Crippen LogP) is 3.94. The summed E-state index contributed by atoms with van der Waals surface area (Å²) in [6.07, 6.45) is 2.59. The van der Waals surface area contributed by atoms with Crippen molar-refractivity contribution in [2.45, 2.75) is 32.7 Å². The van der Waals surface area contributed by atoms with Crippen molar-refractivity contribution in [3.8, 4) is 17.3 Å². The van der Waals surface area contributed by atoms with Crippen LogP contribution in [0.5, 0.6) is 5.75 Å². The molecule has 0 amide bonds. The molecule has 0 bridgehead atoms. The van der Waals surface area contributed by atoms with E-state index in [1.165, 1.54) is 5.56 Å². The molecule has 0 spiro atoms. The van der Waals surface area contributed by atoms with Gasteiger partial charge >= 0.3 is 0 Å². The van der Waals surface area contributed by atoms with Gasteiger partial charge in [0.05, 0.1) is 13.4 Å². The maximum Gasteiger partial charge on any atom is 0.216 e. The molecule has 1 aromatic carbocycles. The number of halogens is 1. The molecule has 162 valence electrons. The quantitative estimate of drug-likeness (QED) is 0.223. The van der Waals surface area contributed by atoms with Crippen molar-refractivity contribution < 1.29 is 9.15 Å². The highest BCUT2D eigenvalue weighted by atomic mass is 127. The number of aromatic nitrogens is 3. The molecule has 3 aromatic rings. The summed E-state index contributed by atoms with van der Waals surface area (Å²) in [5, 5.41) is 13.7. The first kappa shape index (κ1) is 23.7. The Morgan fingerprint density at radius 3 is 2.70 bits per heavy atom. The number of nitrogens with one attached hydrogen (secondary N) is 3. The number of ether oxygens (including phenoxy) is 1. The number of furan rings is 1. The Bertz CT molecular complexity index is 893. The zero-order valence-corrected chi connectivity index (χ0v) is 19.8. The summed E-state index contributed by atoms with van der Waals surface area (Å²) in [5.41, 5.74) is 1.29. The lowest BCUT2D eigenvalue weighted by molar-refractivity contribution is 0.414. The molecule has 0 fully saturated rings. The molecule has 2 aromatic heterocycles. The Morgan fingerprint density at radius 1 is 1.23 bits per heavy atom. The summed E-state index contributed by atoms with van der Waals surface area (Å²) >= 11 is 0. The van der Waals surface area contributed by atoms with Gasteiger partial charge in [-0.25, -0.2) is 9.98 Å². The fraction of sp³-hybridized carbons (Fsp3) is 0.381. The predicted molar refractivity (Wildman–Crippen MR) is 128 cm³/mol. The van der Waals surface area contributed by atoms with Crippen LogP contribution in [0.25, 0.3) is 11.6 Å². The third-order valence-corrected chi connectivity index (χ3v) is 4.56. The van der Waals surface area contributed by atoms with Crippen molar-refractivity contribution >= 4 is 29.9 Å². The maximum absolute atomic E-state index is 5.31. The van der Waals surface area contributed by atoms with Crippen LogP contribution in [0.4, 0.5) is 0 Å². The molecule has 9 heteroatoms. The van der Waals surface area contributed by atoms with Gasteiger partial charge in [0.25, 0.3) is 0 Å². The normalized spacial score (nSPS) is 12.2. The van der Waals surface area contributed by atoms with E-state index in [0.29, 0.717) is 29.9 Å². The zero-order chi connectivity index (χ0) is 20.5. The van der Waals surface area contributed by atoms with E-state index >= 15 is 0 Å². The van der Waals surface area contributed by atoms with Gasteiger partial charge in [-0.05, 0) is 49.1 Å². The van der Waals surface area contributed by atoms with E-state index in [-0.39, 0.29) is 24.0 Å². The minimum Gasteiger partial charge on any atom is -0.497 e. The minimum absolute atomic E-state index is 0. The molecule has 3 N–H and O–H groups in total. The van der Waals surface area contributed by atoms with Crippen LogP contribution in [0.15, 0.2) is 52.1 Å². The number of aliphatic imine (C=N–C) groups is 1. The zero-order valence-electron chi connectivity index (χ0n) is 17.5. The fourth-order valence-corrected chi connectivity index (χ4v) is 2.88. The molecule has 3 rings (SSSR count). The first-order chi connectivity index (χ1) is 14.2. The highest BCUT2D eigenvalue weighted by Crippen LogP contribution is 2.21. The monoisotopic (exact) mass is 524 g/mol. The fourth-order valence-electron chi connectivity index (χ4n) is 2.88. The Morgan fingerprint density at radius 2 is 2.03 bits per heavy atom. The molecule has 0 aliphatic heterocycles. The van der Waals surface area contributed by atoms with E-state index in [0.717, 1.165) is 31.2 Å². The smallest absolute Gasteiger partial charge is 0.216 e. The first-order valence-electron chi connectivity index (χ1n) is 9.81. The lowest BCUT2D eigenvalue weighted by atomic mass is 9.98. The molecule has 8 nitrogen and oxygen atoms in total. The van der Waals surface area contributed by atoms with Gasteiger partial charge in [-0.3, -0.25) is 5.10 Å². The Hall–Kier alpha value is -2.56. The second-order valence-corrected chi connectivity index (χ2v) is 6.67. The van der Waals surface area contributed by atoms with Crippen LogP contribution in [0, 0.1) is 0 Å². The molecule has 0 radical (unpaired) electrons. The number of nitrogens with zero attached hydrogens (tertiary/aromatic N) is 3. The standard InChI is InChI=1S/C21H28N6O2.HI/c1-4-22-21(23-12-11-15(2)16-7-9-17(28-3)10-8-16)24-14-19-25-20(27-26-19)18-6-5-13-29-18;/h5-10,13,15H,4,11-12,14H2,1-3H3,(H2,22,23,24)(H,25,26,27);1H. The highest BCUT2D eigenvalue weighted by Gasteiger charge is 2.09. The summed E-state index contributed by atoms with van der Waals surface area (Å²) in [5.74, 6) is 3.91. The van der Waals surface area contributed by atoms with E-state index in [4.69, 9.17) is 9.15 Å². The van der Waals surface area contributed by atoms with Crippen LogP contribution >= 0.6 is 24.0 Å². The number of aromatic amines is 1. The van der Waals surface area contributed by atoms with Crippen molar-refractivity contribution in [3.05, 3.63) is 54.0 Å². The van der Waals surface area contributed by atoms with Gasteiger partial charge in [0, 0.05) is 13.1 Å². The summed E-state index contributed by atoms with van der Waals surface area (Å²) < 4.78 is 10.5. The molecule has 30 heavy (non-hydrogen) atoms. The lowest BCUT2D eigenvalue weighted by Crippen LogP contribution is -2.38. The Balaban J connectivity index is 0.00000320. The molecule has 0 aliphatic carbocycles. The largest absolute Gasteiger partial charge is 0.497 e. The summed E-state index contributed by atoms with van der Waals surface area (Å²) in [6, 6.07) is 11.9. The molecule has 1 atom stereocenters. The van der Waals surface area contributed by atoms with E-state index in [1.54, 1.807) is 13.4 Å².